The van der Waals surface area contributed by atoms with E-state index in [0.29, 0.717) is 48.1 Å². The van der Waals surface area contributed by atoms with Crippen molar-refractivity contribution in [2.24, 2.45) is 0 Å². The molecule has 4 rings (SSSR count). The molecule has 0 bridgehead atoms. The van der Waals surface area contributed by atoms with Crippen LogP contribution in [0, 0.1) is 0 Å². The zero-order valence-corrected chi connectivity index (χ0v) is 18.2. The Morgan fingerprint density at radius 2 is 2.03 bits per heavy atom. The van der Waals surface area contributed by atoms with Gasteiger partial charge in [0.15, 0.2) is 12.6 Å². The molecule has 0 saturated carbocycles. The fourth-order valence-electron chi connectivity index (χ4n) is 3.33. The molecule has 0 radical (unpaired) electrons. The lowest BCUT2D eigenvalue weighted by atomic mass is 10.1. The monoisotopic (exact) mass is 473 g/mol. The van der Waals surface area contributed by atoms with Gasteiger partial charge in [-0.15, -0.1) is 0 Å². The van der Waals surface area contributed by atoms with Gasteiger partial charge < -0.3 is 23.8 Å². The summed E-state index contributed by atoms with van der Waals surface area (Å²) < 4.78 is 23.0. The molecule has 2 aromatic carbocycles. The number of benzene rings is 2. The second kappa shape index (κ2) is 8.49. The Hall–Kier alpha value is -2.84. The quantitative estimate of drug-likeness (QED) is 0.595. The van der Waals surface area contributed by atoms with E-state index in [0.717, 1.165) is 10.0 Å². The summed E-state index contributed by atoms with van der Waals surface area (Å²) in [4.78, 5) is 26.5. The number of halogens is 1. The zero-order valence-electron chi connectivity index (χ0n) is 16.6. The summed E-state index contributed by atoms with van der Waals surface area (Å²) in [5.74, 6) is 1.27. The molecule has 0 aromatic heterocycles. The molecule has 2 aromatic rings. The average molecular weight is 474 g/mol. The Morgan fingerprint density at radius 3 is 2.80 bits per heavy atom. The molecule has 156 valence electrons. The number of Topliss-reactive ketones (excluding diaryl/α,β-unsaturated/α-hetero) is 1. The summed E-state index contributed by atoms with van der Waals surface area (Å²) in [7, 11) is 0. The van der Waals surface area contributed by atoms with E-state index in [4.69, 9.17) is 18.9 Å². The number of hydrogen-bond donors (Lipinski definition) is 0. The third-order valence-corrected chi connectivity index (χ3v) is 5.32. The van der Waals surface area contributed by atoms with Crippen molar-refractivity contribution in [1.29, 1.82) is 0 Å². The largest absolute Gasteiger partial charge is 0.467 e. The van der Waals surface area contributed by atoms with Crippen molar-refractivity contribution in [3.05, 3.63) is 57.3 Å². The first kappa shape index (κ1) is 20.4. The molecule has 2 aliphatic rings. The first-order valence-corrected chi connectivity index (χ1v) is 10.4. The molecule has 1 amide bonds. The molecule has 0 spiro atoms. The maximum Gasteiger partial charge on any atom is 0.415 e. The summed E-state index contributed by atoms with van der Waals surface area (Å²) in [6.07, 6.45) is 1.21. The minimum atomic E-state index is -0.444. The number of hydrogen-bond acceptors (Lipinski definition) is 6. The van der Waals surface area contributed by atoms with Crippen LogP contribution < -0.4 is 14.2 Å². The van der Waals surface area contributed by atoms with Crippen molar-refractivity contribution >= 4 is 33.9 Å². The van der Waals surface area contributed by atoms with Crippen LogP contribution in [0.3, 0.4) is 0 Å². The Morgan fingerprint density at radius 1 is 1.23 bits per heavy atom. The third kappa shape index (κ3) is 3.93. The van der Waals surface area contributed by atoms with Crippen LogP contribution in [0.4, 0.5) is 4.79 Å². The van der Waals surface area contributed by atoms with E-state index >= 15 is 0 Å². The van der Waals surface area contributed by atoms with Gasteiger partial charge in [-0.25, -0.2) is 4.79 Å². The van der Waals surface area contributed by atoms with Crippen LogP contribution in [0.1, 0.15) is 35.3 Å². The van der Waals surface area contributed by atoms with Gasteiger partial charge in [0.1, 0.15) is 17.2 Å². The van der Waals surface area contributed by atoms with Gasteiger partial charge in [-0.1, -0.05) is 15.9 Å². The maximum absolute atomic E-state index is 12.8. The van der Waals surface area contributed by atoms with Gasteiger partial charge in [0.2, 0.25) is 5.78 Å². The molecule has 0 atom stereocenters. The van der Waals surface area contributed by atoms with Gasteiger partial charge in [0.25, 0.3) is 0 Å². The number of nitrogens with zero attached hydrogens (tertiary/aromatic N) is 1. The topological polar surface area (TPSA) is 74.3 Å². The Labute approximate surface area is 182 Å². The van der Waals surface area contributed by atoms with Crippen LogP contribution in [-0.4, -0.2) is 36.7 Å². The van der Waals surface area contributed by atoms with E-state index in [2.05, 4.69) is 15.9 Å². The average Bonchev–Trinajstić information content (AvgIpc) is 3.03. The predicted molar refractivity (Wildman–Crippen MR) is 113 cm³/mol. The van der Waals surface area contributed by atoms with Crippen LogP contribution in [0.25, 0.3) is 6.08 Å². The lowest BCUT2D eigenvalue weighted by molar-refractivity contribution is -0.0165. The van der Waals surface area contributed by atoms with E-state index in [9.17, 15) is 9.59 Å². The van der Waals surface area contributed by atoms with E-state index in [-0.39, 0.29) is 18.3 Å². The number of fused-ring (bicyclic) bond motifs is 2. The SMILES string of the molecule is CCN(CC)C(=O)Oc1ccc2c(c1)O/C(=C\c1cc(Br)cc3c1OCOC3)C2=O. The number of allylic oxidation sites excluding steroid dienone is 1. The van der Waals surface area contributed by atoms with Crippen molar-refractivity contribution in [3.8, 4) is 17.2 Å². The summed E-state index contributed by atoms with van der Waals surface area (Å²) in [6.45, 7) is 5.44. The fourth-order valence-corrected chi connectivity index (χ4v) is 3.86. The van der Waals surface area contributed by atoms with Crippen molar-refractivity contribution in [2.45, 2.75) is 20.5 Å². The fraction of sp³-hybridized carbons (Fsp3) is 0.273. The lowest BCUT2D eigenvalue weighted by Crippen LogP contribution is -2.33. The Kier molecular flexibility index (Phi) is 5.78. The highest BCUT2D eigenvalue weighted by Gasteiger charge is 2.29. The zero-order chi connectivity index (χ0) is 21.3. The van der Waals surface area contributed by atoms with Crippen molar-refractivity contribution in [1.82, 2.24) is 4.90 Å². The Balaban J connectivity index is 1.60. The number of amides is 1. The molecule has 0 aliphatic carbocycles. The smallest absolute Gasteiger partial charge is 0.415 e. The Bertz CT molecular complexity index is 1040. The molecule has 8 heteroatoms. The summed E-state index contributed by atoms with van der Waals surface area (Å²) in [6, 6.07) is 8.51. The number of carbonyl (C=O) groups is 2. The molecule has 2 aliphatic heterocycles. The van der Waals surface area contributed by atoms with Gasteiger partial charge in [-0.2, -0.15) is 0 Å². The normalized spacial score (nSPS) is 15.8. The first-order valence-electron chi connectivity index (χ1n) is 9.58. The molecule has 0 N–H and O–H groups in total. The maximum atomic E-state index is 12.8. The van der Waals surface area contributed by atoms with Gasteiger partial charge in [0, 0.05) is 34.8 Å². The van der Waals surface area contributed by atoms with E-state index in [1.807, 2.05) is 26.0 Å². The third-order valence-electron chi connectivity index (χ3n) is 4.86. The predicted octanol–water partition coefficient (Wildman–Crippen LogP) is 4.77. The minimum absolute atomic E-state index is 0.154. The van der Waals surface area contributed by atoms with Crippen molar-refractivity contribution in [3.63, 3.8) is 0 Å². The van der Waals surface area contributed by atoms with Crippen LogP contribution in [-0.2, 0) is 11.3 Å². The van der Waals surface area contributed by atoms with E-state index in [1.54, 1.807) is 29.2 Å². The molecule has 30 heavy (non-hydrogen) atoms. The molecule has 0 saturated heterocycles. The number of carbonyl (C=O) groups excluding carboxylic acids is 2. The highest BCUT2D eigenvalue weighted by Crippen LogP contribution is 2.38. The summed E-state index contributed by atoms with van der Waals surface area (Å²) in [5.41, 5.74) is 2.01. The highest BCUT2D eigenvalue weighted by atomic mass is 79.9. The number of ether oxygens (including phenoxy) is 4. The molecule has 7 nitrogen and oxygen atoms in total. The van der Waals surface area contributed by atoms with Crippen molar-refractivity contribution < 1.29 is 28.5 Å². The molecular formula is C22H20BrNO6. The van der Waals surface area contributed by atoms with Crippen LogP contribution in [0.2, 0.25) is 0 Å². The van der Waals surface area contributed by atoms with Crippen LogP contribution >= 0.6 is 15.9 Å². The first-order chi connectivity index (χ1) is 14.5. The number of rotatable bonds is 4. The molecular weight excluding hydrogens is 454 g/mol. The van der Waals surface area contributed by atoms with E-state index < -0.39 is 6.09 Å². The second-order valence-corrected chi connectivity index (χ2v) is 7.65. The highest BCUT2D eigenvalue weighted by molar-refractivity contribution is 9.10. The van der Waals surface area contributed by atoms with Crippen LogP contribution in [0.5, 0.6) is 17.2 Å². The van der Waals surface area contributed by atoms with Gasteiger partial charge in [0.05, 0.1) is 12.2 Å². The van der Waals surface area contributed by atoms with Crippen LogP contribution in [0.15, 0.2) is 40.6 Å². The standard InChI is InChI=1S/C22H20BrNO6/c1-3-24(4-2)22(26)29-16-5-6-17-18(10-16)30-19(20(17)25)9-13-7-15(23)8-14-11-27-12-28-21(13)14/h5-10H,3-4,11-12H2,1-2H3/b19-9-. The molecule has 0 fully saturated rings. The summed E-state index contributed by atoms with van der Waals surface area (Å²) in [5, 5.41) is 0. The second-order valence-electron chi connectivity index (χ2n) is 6.73. The van der Waals surface area contributed by atoms with Crippen molar-refractivity contribution in [2.75, 3.05) is 19.9 Å². The van der Waals surface area contributed by atoms with Gasteiger partial charge in [-0.05, 0) is 44.2 Å². The minimum Gasteiger partial charge on any atom is -0.467 e. The number of ketones is 1. The molecule has 0 unspecified atom stereocenters. The summed E-state index contributed by atoms with van der Waals surface area (Å²) >= 11 is 3.47. The van der Waals surface area contributed by atoms with Gasteiger partial charge in [-0.3, -0.25) is 4.79 Å². The van der Waals surface area contributed by atoms with E-state index in [1.165, 1.54) is 0 Å². The lowest BCUT2D eigenvalue weighted by Gasteiger charge is -2.20. The van der Waals surface area contributed by atoms with Gasteiger partial charge >= 0.3 is 6.09 Å². The molecule has 2 heterocycles.